The van der Waals surface area contributed by atoms with Crippen LogP contribution in [0.5, 0.6) is 0 Å². The molecule has 1 aliphatic carbocycles. The van der Waals surface area contributed by atoms with Crippen molar-refractivity contribution in [1.29, 1.82) is 0 Å². The first-order valence-corrected chi connectivity index (χ1v) is 6.60. The molecule has 6 heteroatoms. The minimum atomic E-state index is -3.25. The van der Waals surface area contributed by atoms with Gasteiger partial charge in [-0.25, -0.2) is 4.72 Å². The van der Waals surface area contributed by atoms with Gasteiger partial charge in [-0.1, -0.05) is 6.92 Å². The zero-order valence-corrected chi connectivity index (χ0v) is 9.36. The topological polar surface area (TPSA) is 70.2 Å². The summed E-state index contributed by atoms with van der Waals surface area (Å²) in [5.41, 5.74) is 0. The van der Waals surface area contributed by atoms with E-state index in [1.54, 1.807) is 0 Å². The first kappa shape index (κ1) is 11.9. The fourth-order valence-electron chi connectivity index (χ4n) is 1.04. The average Bonchev–Trinajstić information content (AvgIpc) is 2.87. The van der Waals surface area contributed by atoms with Crippen LogP contribution in [0.15, 0.2) is 0 Å². The molecule has 0 aliphatic heterocycles. The molecular formula is C8H19N3O2S. The first-order chi connectivity index (χ1) is 6.64. The van der Waals surface area contributed by atoms with Gasteiger partial charge >= 0.3 is 0 Å². The first-order valence-electron chi connectivity index (χ1n) is 5.11. The summed E-state index contributed by atoms with van der Waals surface area (Å²) in [6.45, 7) is 4.13. The van der Waals surface area contributed by atoms with Crippen LogP contribution < -0.4 is 14.8 Å². The minimum Gasteiger partial charge on any atom is -0.315 e. The molecular weight excluding hydrogens is 202 g/mol. The maximum atomic E-state index is 11.3. The van der Waals surface area contributed by atoms with Gasteiger partial charge < -0.3 is 5.32 Å². The summed E-state index contributed by atoms with van der Waals surface area (Å²) in [5.74, 6) is 0. The lowest BCUT2D eigenvalue weighted by molar-refractivity contribution is 0.560. The van der Waals surface area contributed by atoms with Crippen LogP contribution in [0.3, 0.4) is 0 Å². The summed E-state index contributed by atoms with van der Waals surface area (Å²) >= 11 is 0. The van der Waals surface area contributed by atoms with E-state index in [1.807, 2.05) is 0 Å². The Kier molecular flexibility index (Phi) is 4.80. The third-order valence-corrected chi connectivity index (χ3v) is 3.15. The normalized spacial score (nSPS) is 17.2. The van der Waals surface area contributed by atoms with Crippen molar-refractivity contribution in [2.75, 3.05) is 19.6 Å². The molecule has 84 valence electrons. The lowest BCUT2D eigenvalue weighted by Gasteiger charge is -2.07. The zero-order chi connectivity index (χ0) is 10.4. The molecule has 1 fully saturated rings. The number of hydrogen-bond acceptors (Lipinski definition) is 3. The van der Waals surface area contributed by atoms with Crippen molar-refractivity contribution in [2.45, 2.75) is 32.2 Å². The maximum Gasteiger partial charge on any atom is 0.277 e. The lowest BCUT2D eigenvalue weighted by atomic mass is 10.5. The maximum absolute atomic E-state index is 11.3. The standard InChI is InChI=1S/C8H19N3O2S/c1-2-5-9-6-7-10-14(12,13)11-8-3-4-8/h8-11H,2-7H2,1H3. The predicted molar refractivity (Wildman–Crippen MR) is 56.2 cm³/mol. The zero-order valence-electron chi connectivity index (χ0n) is 8.54. The third kappa shape index (κ3) is 5.54. The van der Waals surface area contributed by atoms with Crippen LogP contribution in [0.4, 0.5) is 0 Å². The van der Waals surface area contributed by atoms with Crippen LogP contribution in [-0.4, -0.2) is 34.1 Å². The molecule has 0 amide bonds. The molecule has 14 heavy (non-hydrogen) atoms. The smallest absolute Gasteiger partial charge is 0.277 e. The monoisotopic (exact) mass is 221 g/mol. The second-order valence-electron chi connectivity index (χ2n) is 3.54. The summed E-state index contributed by atoms with van der Waals surface area (Å²) in [7, 11) is -3.25. The fraction of sp³-hybridized carbons (Fsp3) is 1.00. The molecule has 5 nitrogen and oxygen atoms in total. The van der Waals surface area contributed by atoms with E-state index in [0.717, 1.165) is 25.8 Å². The van der Waals surface area contributed by atoms with Gasteiger partial charge in [0.25, 0.3) is 10.2 Å². The molecule has 0 spiro atoms. The van der Waals surface area contributed by atoms with E-state index in [9.17, 15) is 8.42 Å². The van der Waals surface area contributed by atoms with E-state index in [1.165, 1.54) is 0 Å². The van der Waals surface area contributed by atoms with Crippen molar-refractivity contribution in [3.8, 4) is 0 Å². The number of rotatable bonds is 8. The molecule has 0 aromatic rings. The lowest BCUT2D eigenvalue weighted by Crippen LogP contribution is -2.40. The Hall–Kier alpha value is -0.170. The van der Waals surface area contributed by atoms with Crippen molar-refractivity contribution in [1.82, 2.24) is 14.8 Å². The Balaban J connectivity index is 2.03. The Morgan fingerprint density at radius 1 is 1.21 bits per heavy atom. The molecule has 1 aliphatic rings. The molecule has 0 saturated heterocycles. The van der Waals surface area contributed by atoms with Crippen LogP contribution >= 0.6 is 0 Å². The highest BCUT2D eigenvalue weighted by Gasteiger charge is 2.26. The van der Waals surface area contributed by atoms with Crippen LogP contribution in [0.2, 0.25) is 0 Å². The second kappa shape index (κ2) is 5.65. The molecule has 0 radical (unpaired) electrons. The van der Waals surface area contributed by atoms with Gasteiger partial charge in [-0.15, -0.1) is 0 Å². The highest BCUT2D eigenvalue weighted by Crippen LogP contribution is 2.19. The molecule has 0 bridgehead atoms. The average molecular weight is 221 g/mol. The molecule has 0 atom stereocenters. The minimum absolute atomic E-state index is 0.177. The fourth-order valence-corrected chi connectivity index (χ4v) is 2.17. The van der Waals surface area contributed by atoms with Crippen molar-refractivity contribution in [3.63, 3.8) is 0 Å². The highest BCUT2D eigenvalue weighted by atomic mass is 32.2. The van der Waals surface area contributed by atoms with E-state index >= 15 is 0 Å². The quantitative estimate of drug-likeness (QED) is 0.487. The Labute approximate surface area is 85.8 Å². The van der Waals surface area contributed by atoms with Gasteiger partial charge in [0.1, 0.15) is 0 Å². The largest absolute Gasteiger partial charge is 0.315 e. The number of nitrogens with one attached hydrogen (secondary N) is 3. The third-order valence-electron chi connectivity index (χ3n) is 1.92. The predicted octanol–water partition coefficient (Wildman–Crippen LogP) is -0.428. The Bertz CT molecular complexity index is 249. The van der Waals surface area contributed by atoms with Crippen molar-refractivity contribution >= 4 is 10.2 Å². The van der Waals surface area contributed by atoms with Crippen molar-refractivity contribution in [3.05, 3.63) is 0 Å². The van der Waals surface area contributed by atoms with Gasteiger partial charge in [0, 0.05) is 19.1 Å². The van der Waals surface area contributed by atoms with Gasteiger partial charge in [-0.2, -0.15) is 13.1 Å². The van der Waals surface area contributed by atoms with Crippen LogP contribution in [0, 0.1) is 0 Å². The van der Waals surface area contributed by atoms with E-state index in [2.05, 4.69) is 21.7 Å². The highest BCUT2D eigenvalue weighted by molar-refractivity contribution is 7.87. The van der Waals surface area contributed by atoms with Gasteiger partial charge in [-0.3, -0.25) is 0 Å². The molecule has 1 saturated carbocycles. The Morgan fingerprint density at radius 3 is 2.50 bits per heavy atom. The molecule has 0 aromatic heterocycles. The van der Waals surface area contributed by atoms with Crippen LogP contribution in [0.1, 0.15) is 26.2 Å². The van der Waals surface area contributed by atoms with Crippen molar-refractivity contribution in [2.24, 2.45) is 0 Å². The summed E-state index contributed by atoms with van der Waals surface area (Å²) in [4.78, 5) is 0. The SMILES string of the molecule is CCCNCCNS(=O)(=O)NC1CC1. The molecule has 3 N–H and O–H groups in total. The van der Waals surface area contributed by atoms with Gasteiger partial charge in [0.05, 0.1) is 0 Å². The van der Waals surface area contributed by atoms with Gasteiger partial charge in [0.2, 0.25) is 0 Å². The Morgan fingerprint density at radius 2 is 1.93 bits per heavy atom. The van der Waals surface area contributed by atoms with E-state index in [4.69, 9.17) is 0 Å². The van der Waals surface area contributed by atoms with E-state index in [0.29, 0.717) is 13.1 Å². The second-order valence-corrected chi connectivity index (χ2v) is 5.07. The van der Waals surface area contributed by atoms with Gasteiger partial charge in [-0.05, 0) is 25.8 Å². The summed E-state index contributed by atoms with van der Waals surface area (Å²) in [6.07, 6.45) is 3.00. The number of hydrogen-bond donors (Lipinski definition) is 3. The molecule has 0 heterocycles. The van der Waals surface area contributed by atoms with E-state index in [-0.39, 0.29) is 6.04 Å². The summed E-state index contributed by atoms with van der Waals surface area (Å²) < 4.78 is 27.6. The summed E-state index contributed by atoms with van der Waals surface area (Å²) in [5, 5.41) is 3.12. The molecule has 0 unspecified atom stereocenters. The van der Waals surface area contributed by atoms with Crippen LogP contribution in [-0.2, 0) is 10.2 Å². The van der Waals surface area contributed by atoms with Gasteiger partial charge in [0.15, 0.2) is 0 Å². The summed E-state index contributed by atoms with van der Waals surface area (Å²) in [6, 6.07) is 0.177. The molecule has 0 aromatic carbocycles. The van der Waals surface area contributed by atoms with Crippen LogP contribution in [0.25, 0.3) is 0 Å². The molecule has 1 rings (SSSR count). The van der Waals surface area contributed by atoms with Crippen molar-refractivity contribution < 1.29 is 8.42 Å². The van der Waals surface area contributed by atoms with E-state index < -0.39 is 10.2 Å².